The highest BCUT2D eigenvalue weighted by Crippen LogP contribution is 2.19. The van der Waals surface area contributed by atoms with E-state index in [1.54, 1.807) is 0 Å². The maximum atomic E-state index is 11.1. The summed E-state index contributed by atoms with van der Waals surface area (Å²) in [7, 11) is 3.71. The van der Waals surface area contributed by atoms with E-state index in [0.29, 0.717) is 0 Å². The second-order valence-electron chi connectivity index (χ2n) is 3.37. The zero-order valence-electron chi connectivity index (χ0n) is 9.01. The van der Waals surface area contributed by atoms with Crippen LogP contribution in [0, 0.1) is 0 Å². The zero-order valence-corrected chi connectivity index (χ0v) is 9.01. The van der Waals surface area contributed by atoms with Crippen LogP contribution in [0.25, 0.3) is 0 Å². The van der Waals surface area contributed by atoms with E-state index in [0.717, 1.165) is 5.56 Å². The van der Waals surface area contributed by atoms with Gasteiger partial charge in [-0.05, 0) is 14.1 Å². The summed E-state index contributed by atoms with van der Waals surface area (Å²) in [6, 6.07) is 9.58. The third-order valence-electron chi connectivity index (χ3n) is 1.95. The third kappa shape index (κ3) is 3.22. The highest BCUT2D eigenvalue weighted by atomic mass is 16.6. The first-order valence-corrected chi connectivity index (χ1v) is 4.69. The molecule has 0 amide bonds. The number of carbonyl (C=O) groups is 1. The van der Waals surface area contributed by atoms with Gasteiger partial charge in [0.25, 0.3) is 0 Å². The second-order valence-corrected chi connectivity index (χ2v) is 3.37. The number of esters is 1. The minimum absolute atomic E-state index is 0.364. The molecule has 1 atom stereocenters. The van der Waals surface area contributed by atoms with E-state index < -0.39 is 5.97 Å². The Bertz CT molecular complexity index is 333. The largest absolute Gasteiger partial charge is 0.439 e. The number of carbonyl (C=O) groups excluding carboxylic acids is 1. The number of ether oxygens (including phenoxy) is 1. The highest BCUT2D eigenvalue weighted by molar-refractivity contribution is 5.81. The van der Waals surface area contributed by atoms with E-state index in [1.807, 2.05) is 49.3 Å². The monoisotopic (exact) mass is 205 g/mol. The van der Waals surface area contributed by atoms with Crippen LogP contribution in [0.5, 0.6) is 0 Å². The quantitative estimate of drug-likeness (QED) is 0.427. The molecule has 0 fully saturated rings. The molecule has 0 aromatic heterocycles. The van der Waals surface area contributed by atoms with Crippen LogP contribution in [0.2, 0.25) is 0 Å². The molecule has 0 radical (unpaired) electrons. The molecule has 0 N–H and O–H groups in total. The van der Waals surface area contributed by atoms with Crippen LogP contribution >= 0.6 is 0 Å². The Kier molecular flexibility index (Phi) is 4.06. The first-order chi connectivity index (χ1) is 7.15. The fraction of sp³-hybridized carbons (Fsp3) is 0.250. The van der Waals surface area contributed by atoms with Crippen LogP contribution < -0.4 is 0 Å². The van der Waals surface area contributed by atoms with E-state index in [2.05, 4.69) is 6.58 Å². The molecule has 0 aliphatic rings. The molecule has 0 saturated carbocycles. The van der Waals surface area contributed by atoms with Crippen molar-refractivity contribution in [3.05, 3.63) is 48.6 Å². The Morgan fingerprint density at radius 3 is 2.47 bits per heavy atom. The van der Waals surface area contributed by atoms with Crippen molar-refractivity contribution in [2.24, 2.45) is 0 Å². The maximum absolute atomic E-state index is 11.1. The van der Waals surface area contributed by atoms with Gasteiger partial charge in [-0.2, -0.15) is 0 Å². The Balaban J connectivity index is 2.84. The summed E-state index contributed by atoms with van der Waals surface area (Å²) in [5, 5.41) is 0. The number of hydrogen-bond donors (Lipinski definition) is 0. The van der Waals surface area contributed by atoms with Gasteiger partial charge in [0.2, 0.25) is 0 Å². The van der Waals surface area contributed by atoms with Crippen molar-refractivity contribution in [3.8, 4) is 0 Å². The third-order valence-corrected chi connectivity index (χ3v) is 1.95. The number of hydrogen-bond acceptors (Lipinski definition) is 3. The van der Waals surface area contributed by atoms with Crippen molar-refractivity contribution in [1.82, 2.24) is 4.90 Å². The molecule has 1 rings (SSSR count). The van der Waals surface area contributed by atoms with Gasteiger partial charge in [-0.3, -0.25) is 4.90 Å². The molecule has 80 valence electrons. The molecular formula is C12H15NO2. The van der Waals surface area contributed by atoms with Crippen molar-refractivity contribution in [1.29, 1.82) is 0 Å². The fourth-order valence-corrected chi connectivity index (χ4v) is 1.25. The Morgan fingerprint density at radius 1 is 1.40 bits per heavy atom. The molecule has 0 aliphatic heterocycles. The first kappa shape index (κ1) is 11.5. The molecular weight excluding hydrogens is 190 g/mol. The summed E-state index contributed by atoms with van der Waals surface area (Å²) in [6.45, 7) is 3.37. The van der Waals surface area contributed by atoms with Crippen molar-refractivity contribution in [3.63, 3.8) is 0 Å². The highest BCUT2D eigenvalue weighted by Gasteiger charge is 2.16. The normalized spacial score (nSPS) is 12.2. The summed E-state index contributed by atoms with van der Waals surface area (Å²) in [6.07, 6.45) is 0.802. The van der Waals surface area contributed by atoms with Crippen molar-refractivity contribution in [2.75, 3.05) is 14.1 Å². The Morgan fingerprint density at radius 2 is 2.00 bits per heavy atom. The van der Waals surface area contributed by atoms with Gasteiger partial charge in [0.1, 0.15) is 0 Å². The number of benzene rings is 1. The van der Waals surface area contributed by atoms with Crippen LogP contribution in [-0.2, 0) is 9.53 Å². The summed E-state index contributed by atoms with van der Waals surface area (Å²) >= 11 is 0. The lowest BCUT2D eigenvalue weighted by molar-refractivity contribution is -0.151. The minimum atomic E-state index is -0.419. The van der Waals surface area contributed by atoms with Gasteiger partial charge in [-0.1, -0.05) is 36.9 Å². The number of nitrogens with zero attached hydrogens (tertiary/aromatic N) is 1. The van der Waals surface area contributed by atoms with Gasteiger partial charge in [-0.25, -0.2) is 4.79 Å². The van der Waals surface area contributed by atoms with E-state index in [4.69, 9.17) is 4.74 Å². The second kappa shape index (κ2) is 5.32. The van der Waals surface area contributed by atoms with E-state index >= 15 is 0 Å². The van der Waals surface area contributed by atoms with E-state index in [-0.39, 0.29) is 6.23 Å². The molecule has 15 heavy (non-hydrogen) atoms. The van der Waals surface area contributed by atoms with Crippen LogP contribution in [0.15, 0.2) is 43.0 Å². The summed E-state index contributed by atoms with van der Waals surface area (Å²) in [5.74, 6) is -0.419. The van der Waals surface area contributed by atoms with Crippen LogP contribution in [-0.4, -0.2) is 25.0 Å². The maximum Gasteiger partial charge on any atom is 0.331 e. The van der Waals surface area contributed by atoms with Crippen molar-refractivity contribution < 1.29 is 9.53 Å². The molecule has 1 unspecified atom stereocenters. The first-order valence-electron chi connectivity index (χ1n) is 4.69. The standard InChI is InChI=1S/C12H15NO2/c1-4-11(14)15-12(13(2)3)10-8-6-5-7-9-10/h4-9,12H,1H2,2-3H3. The number of rotatable bonds is 4. The topological polar surface area (TPSA) is 29.5 Å². The van der Waals surface area contributed by atoms with Gasteiger partial charge >= 0.3 is 5.97 Å². The zero-order chi connectivity index (χ0) is 11.3. The summed E-state index contributed by atoms with van der Waals surface area (Å²) in [5.41, 5.74) is 0.942. The Hall–Kier alpha value is -1.61. The van der Waals surface area contributed by atoms with Crippen LogP contribution in [0.3, 0.4) is 0 Å². The molecule has 0 saturated heterocycles. The van der Waals surface area contributed by atoms with Gasteiger partial charge in [0.15, 0.2) is 6.23 Å². The molecule has 3 nitrogen and oxygen atoms in total. The van der Waals surface area contributed by atoms with Gasteiger partial charge in [0, 0.05) is 11.6 Å². The van der Waals surface area contributed by atoms with Crippen molar-refractivity contribution in [2.45, 2.75) is 6.23 Å². The lowest BCUT2D eigenvalue weighted by atomic mass is 10.2. The van der Waals surface area contributed by atoms with Crippen LogP contribution in [0.4, 0.5) is 0 Å². The Labute approximate surface area is 90.0 Å². The van der Waals surface area contributed by atoms with E-state index in [9.17, 15) is 4.79 Å². The molecule has 3 heteroatoms. The predicted octanol–water partition coefficient (Wildman–Crippen LogP) is 1.98. The predicted molar refractivity (Wildman–Crippen MR) is 59.2 cm³/mol. The summed E-state index contributed by atoms with van der Waals surface area (Å²) < 4.78 is 5.22. The van der Waals surface area contributed by atoms with Crippen LogP contribution in [0.1, 0.15) is 11.8 Å². The SMILES string of the molecule is C=CC(=O)OC(c1ccccc1)N(C)C. The smallest absolute Gasteiger partial charge is 0.331 e. The minimum Gasteiger partial charge on any atom is -0.439 e. The van der Waals surface area contributed by atoms with Gasteiger partial charge in [0.05, 0.1) is 0 Å². The van der Waals surface area contributed by atoms with Crippen molar-refractivity contribution >= 4 is 5.97 Å². The molecule has 0 aliphatic carbocycles. The molecule has 0 bridgehead atoms. The van der Waals surface area contributed by atoms with E-state index in [1.165, 1.54) is 6.08 Å². The molecule has 0 spiro atoms. The lowest BCUT2D eigenvalue weighted by Crippen LogP contribution is -2.24. The molecule has 0 heterocycles. The molecule has 1 aromatic carbocycles. The summed E-state index contributed by atoms with van der Waals surface area (Å²) in [4.78, 5) is 13.0. The van der Waals surface area contributed by atoms with Gasteiger partial charge in [-0.15, -0.1) is 0 Å². The van der Waals surface area contributed by atoms with Gasteiger partial charge < -0.3 is 4.74 Å². The molecule has 1 aromatic rings. The average Bonchev–Trinajstić information content (AvgIpc) is 2.26. The average molecular weight is 205 g/mol. The lowest BCUT2D eigenvalue weighted by Gasteiger charge is -2.23. The fourth-order valence-electron chi connectivity index (χ4n) is 1.25.